The second-order valence-corrected chi connectivity index (χ2v) is 7.48. The average Bonchev–Trinajstić information content (AvgIpc) is 3.32. The number of fused-ring (bicyclic) bond motifs is 1. The summed E-state index contributed by atoms with van der Waals surface area (Å²) in [6.07, 6.45) is 6.74. The maximum absolute atomic E-state index is 12.2. The number of ether oxygens (including phenoxy) is 1. The van der Waals surface area contributed by atoms with Crippen LogP contribution in [0.3, 0.4) is 0 Å². The molecule has 6 heteroatoms. The van der Waals surface area contributed by atoms with Gasteiger partial charge in [0.15, 0.2) is 5.82 Å². The number of carbonyl (C=O) groups excluding carboxylic acids is 1. The van der Waals surface area contributed by atoms with Gasteiger partial charge in [0, 0.05) is 49.2 Å². The molecule has 2 fully saturated rings. The molecule has 1 aromatic carbocycles. The fourth-order valence-electron chi connectivity index (χ4n) is 4.05. The molecule has 0 spiro atoms. The summed E-state index contributed by atoms with van der Waals surface area (Å²) in [5.41, 5.74) is 1.66. The molecule has 27 heavy (non-hydrogen) atoms. The molecule has 2 aromatic heterocycles. The first-order chi connectivity index (χ1) is 13.2. The molecule has 1 aliphatic carbocycles. The summed E-state index contributed by atoms with van der Waals surface area (Å²) < 4.78 is 7.58. The minimum absolute atomic E-state index is 0.303. The van der Waals surface area contributed by atoms with Crippen LogP contribution in [-0.4, -0.2) is 45.0 Å². The van der Waals surface area contributed by atoms with Crippen LogP contribution >= 0.6 is 0 Å². The number of para-hydroxylation sites is 1. The van der Waals surface area contributed by atoms with Gasteiger partial charge >= 0.3 is 0 Å². The average molecular weight is 362 g/mol. The summed E-state index contributed by atoms with van der Waals surface area (Å²) in [5, 5.41) is 1.04. The number of hydrogen-bond acceptors (Lipinski definition) is 4. The number of methoxy groups -OCH3 is 1. The van der Waals surface area contributed by atoms with Gasteiger partial charge < -0.3 is 14.2 Å². The fourth-order valence-corrected chi connectivity index (χ4v) is 4.05. The van der Waals surface area contributed by atoms with Crippen LogP contribution in [0.15, 0.2) is 42.7 Å². The lowest BCUT2D eigenvalue weighted by Gasteiger charge is -2.16. The Morgan fingerprint density at radius 2 is 2.11 bits per heavy atom. The summed E-state index contributed by atoms with van der Waals surface area (Å²) in [5.74, 6) is 2.23. The molecule has 3 aromatic rings. The predicted molar refractivity (Wildman–Crippen MR) is 102 cm³/mol. The van der Waals surface area contributed by atoms with Crippen LogP contribution in [-0.2, 0) is 11.3 Å². The van der Waals surface area contributed by atoms with E-state index in [1.807, 2.05) is 36.5 Å². The highest BCUT2D eigenvalue weighted by Gasteiger charge is 2.39. The van der Waals surface area contributed by atoms with Crippen LogP contribution in [0.5, 0.6) is 5.75 Å². The molecular formula is C21H22N4O2. The second kappa shape index (κ2) is 6.37. The van der Waals surface area contributed by atoms with E-state index in [1.54, 1.807) is 13.3 Å². The van der Waals surface area contributed by atoms with Crippen LogP contribution in [0.2, 0.25) is 0 Å². The standard InChI is InChI=1S/C21H22N4O2/c1-27-18-4-2-3-15-5-8-17(23-20(15)18)21-22-9-10-24(21)12-14-11-19(26)25(13-14)16-6-7-16/h2-5,8-10,14,16H,6-7,11-13H2,1H3/t14-/m1/s1. The number of nitrogens with zero attached hydrogens (tertiary/aromatic N) is 4. The molecule has 138 valence electrons. The van der Waals surface area contributed by atoms with Crippen molar-refractivity contribution < 1.29 is 9.53 Å². The molecule has 1 amide bonds. The van der Waals surface area contributed by atoms with E-state index in [4.69, 9.17) is 9.72 Å². The van der Waals surface area contributed by atoms with Crippen LogP contribution < -0.4 is 4.74 Å². The Hall–Kier alpha value is -2.89. The number of hydrogen-bond donors (Lipinski definition) is 0. The maximum atomic E-state index is 12.2. The number of aromatic nitrogens is 3. The maximum Gasteiger partial charge on any atom is 0.223 e. The Morgan fingerprint density at radius 3 is 2.93 bits per heavy atom. The van der Waals surface area contributed by atoms with Gasteiger partial charge in [-0.15, -0.1) is 0 Å². The number of likely N-dealkylation sites (tertiary alicyclic amines) is 1. The van der Waals surface area contributed by atoms with Crippen molar-refractivity contribution in [1.82, 2.24) is 19.4 Å². The number of rotatable bonds is 5. The molecule has 0 N–H and O–H groups in total. The second-order valence-electron chi connectivity index (χ2n) is 7.48. The van der Waals surface area contributed by atoms with Crippen molar-refractivity contribution >= 4 is 16.8 Å². The molecular weight excluding hydrogens is 340 g/mol. The summed E-state index contributed by atoms with van der Waals surface area (Å²) in [7, 11) is 1.66. The zero-order chi connectivity index (χ0) is 18.4. The van der Waals surface area contributed by atoms with Crippen molar-refractivity contribution in [2.75, 3.05) is 13.7 Å². The Labute approximate surface area is 157 Å². The topological polar surface area (TPSA) is 60.3 Å². The lowest BCUT2D eigenvalue weighted by atomic mass is 10.1. The molecule has 1 aliphatic heterocycles. The normalized spacial score (nSPS) is 19.8. The van der Waals surface area contributed by atoms with E-state index >= 15 is 0 Å². The van der Waals surface area contributed by atoms with Crippen molar-refractivity contribution in [3.8, 4) is 17.3 Å². The third kappa shape index (κ3) is 2.95. The number of amides is 1. The van der Waals surface area contributed by atoms with Gasteiger partial charge in [0.1, 0.15) is 17.0 Å². The third-order valence-electron chi connectivity index (χ3n) is 5.53. The van der Waals surface area contributed by atoms with E-state index in [1.165, 1.54) is 0 Å². The van der Waals surface area contributed by atoms with Gasteiger partial charge in [-0.05, 0) is 25.0 Å². The largest absolute Gasteiger partial charge is 0.494 e. The van der Waals surface area contributed by atoms with Crippen LogP contribution in [0.4, 0.5) is 0 Å². The summed E-state index contributed by atoms with van der Waals surface area (Å²) in [6, 6.07) is 10.5. The van der Waals surface area contributed by atoms with Gasteiger partial charge in [-0.2, -0.15) is 0 Å². The third-order valence-corrected chi connectivity index (χ3v) is 5.53. The smallest absolute Gasteiger partial charge is 0.223 e. The van der Waals surface area contributed by atoms with Crippen molar-refractivity contribution in [3.63, 3.8) is 0 Å². The minimum Gasteiger partial charge on any atom is -0.494 e. The Morgan fingerprint density at radius 1 is 1.22 bits per heavy atom. The van der Waals surface area contributed by atoms with Gasteiger partial charge in [-0.1, -0.05) is 18.2 Å². The van der Waals surface area contributed by atoms with E-state index in [9.17, 15) is 4.79 Å². The SMILES string of the molecule is COc1cccc2ccc(-c3nccn3C[C@H]3CC(=O)N(C4CC4)C3)nc12. The summed E-state index contributed by atoms with van der Waals surface area (Å²) in [6.45, 7) is 1.65. The van der Waals surface area contributed by atoms with E-state index in [0.717, 1.165) is 54.1 Å². The first-order valence-electron chi connectivity index (χ1n) is 9.47. The monoisotopic (exact) mass is 362 g/mol. The first-order valence-corrected chi connectivity index (χ1v) is 9.47. The quantitative estimate of drug-likeness (QED) is 0.700. The minimum atomic E-state index is 0.303. The van der Waals surface area contributed by atoms with Crippen molar-refractivity contribution in [2.45, 2.75) is 31.8 Å². The Bertz CT molecular complexity index is 1010. The lowest BCUT2D eigenvalue weighted by molar-refractivity contribution is -0.128. The van der Waals surface area contributed by atoms with Crippen LogP contribution in [0.25, 0.3) is 22.4 Å². The first kappa shape index (κ1) is 16.3. The van der Waals surface area contributed by atoms with Gasteiger partial charge in [0.25, 0.3) is 0 Å². The van der Waals surface area contributed by atoms with E-state index in [-0.39, 0.29) is 0 Å². The molecule has 6 nitrogen and oxygen atoms in total. The highest BCUT2D eigenvalue weighted by molar-refractivity contribution is 5.86. The van der Waals surface area contributed by atoms with Crippen LogP contribution in [0.1, 0.15) is 19.3 Å². The number of carbonyl (C=O) groups is 1. The zero-order valence-corrected chi connectivity index (χ0v) is 15.3. The highest BCUT2D eigenvalue weighted by Crippen LogP contribution is 2.33. The number of pyridine rings is 1. The van der Waals surface area contributed by atoms with Crippen molar-refractivity contribution in [3.05, 3.63) is 42.7 Å². The molecule has 1 atom stereocenters. The summed E-state index contributed by atoms with van der Waals surface area (Å²) in [4.78, 5) is 23.7. The van der Waals surface area contributed by atoms with E-state index < -0.39 is 0 Å². The lowest BCUT2D eigenvalue weighted by Crippen LogP contribution is -2.27. The Kier molecular flexibility index (Phi) is 3.85. The number of benzene rings is 1. The van der Waals surface area contributed by atoms with Gasteiger partial charge in [-0.3, -0.25) is 4.79 Å². The molecule has 3 heterocycles. The Balaban J connectivity index is 1.43. The van der Waals surface area contributed by atoms with Crippen LogP contribution in [0, 0.1) is 5.92 Å². The van der Waals surface area contributed by atoms with E-state index in [0.29, 0.717) is 24.3 Å². The van der Waals surface area contributed by atoms with E-state index in [2.05, 4.69) is 14.5 Å². The van der Waals surface area contributed by atoms with Gasteiger partial charge in [-0.25, -0.2) is 9.97 Å². The van der Waals surface area contributed by atoms with Gasteiger partial charge in [0.05, 0.1) is 7.11 Å². The fraction of sp³-hybridized carbons (Fsp3) is 0.381. The molecule has 1 saturated carbocycles. The molecule has 2 aliphatic rings. The van der Waals surface area contributed by atoms with Crippen molar-refractivity contribution in [2.24, 2.45) is 5.92 Å². The predicted octanol–water partition coefficient (Wildman–Crippen LogP) is 3.12. The summed E-state index contributed by atoms with van der Waals surface area (Å²) >= 11 is 0. The van der Waals surface area contributed by atoms with Crippen molar-refractivity contribution in [1.29, 1.82) is 0 Å². The molecule has 1 saturated heterocycles. The van der Waals surface area contributed by atoms with Gasteiger partial charge in [0.2, 0.25) is 5.91 Å². The molecule has 0 radical (unpaired) electrons. The zero-order valence-electron chi connectivity index (χ0n) is 15.3. The molecule has 0 bridgehead atoms. The number of imidazole rings is 1. The highest BCUT2D eigenvalue weighted by atomic mass is 16.5. The molecule has 5 rings (SSSR count). The molecule has 0 unspecified atom stereocenters.